The Morgan fingerprint density at radius 1 is 1.00 bits per heavy atom. The van der Waals surface area contributed by atoms with Crippen LogP contribution in [0.1, 0.15) is 0 Å². The Balaban J connectivity index is 1.97. The Morgan fingerprint density at radius 2 is 1.76 bits per heavy atom. The van der Waals surface area contributed by atoms with Crippen molar-refractivity contribution in [2.75, 3.05) is 12.8 Å². The second-order valence-electron chi connectivity index (χ2n) is 4.49. The van der Waals surface area contributed by atoms with Crippen molar-refractivity contribution in [3.05, 3.63) is 54.3 Å². The van der Waals surface area contributed by atoms with E-state index in [1.807, 2.05) is 12.1 Å². The summed E-state index contributed by atoms with van der Waals surface area (Å²) in [5, 5.41) is 0.860. The normalized spacial score (nSPS) is 10.6. The van der Waals surface area contributed by atoms with E-state index in [-0.39, 0.29) is 5.82 Å². The van der Waals surface area contributed by atoms with Crippen LogP contribution in [0, 0.1) is 5.82 Å². The first kappa shape index (κ1) is 13.2. The van der Waals surface area contributed by atoms with E-state index in [4.69, 9.17) is 15.2 Å². The average molecular weight is 284 g/mol. The van der Waals surface area contributed by atoms with Crippen molar-refractivity contribution in [1.29, 1.82) is 0 Å². The van der Waals surface area contributed by atoms with Crippen LogP contribution >= 0.6 is 0 Å². The number of benzene rings is 2. The van der Waals surface area contributed by atoms with Gasteiger partial charge >= 0.3 is 0 Å². The molecular weight excluding hydrogens is 271 g/mol. The number of fused-ring (bicyclic) bond motifs is 1. The maximum Gasteiger partial charge on any atom is 0.219 e. The number of hydrogen-bond acceptors (Lipinski definition) is 4. The summed E-state index contributed by atoms with van der Waals surface area (Å²) in [5.74, 6) is 1.26. The lowest BCUT2D eigenvalue weighted by atomic mass is 10.2. The molecular formula is C16H13FN2O2. The third-order valence-electron chi connectivity index (χ3n) is 3.04. The number of ether oxygens (including phenoxy) is 2. The van der Waals surface area contributed by atoms with E-state index in [1.165, 1.54) is 12.1 Å². The molecule has 0 unspecified atom stereocenters. The van der Waals surface area contributed by atoms with Crippen LogP contribution in [-0.2, 0) is 0 Å². The van der Waals surface area contributed by atoms with Crippen LogP contribution in [-0.4, -0.2) is 12.1 Å². The van der Waals surface area contributed by atoms with Gasteiger partial charge in [-0.25, -0.2) is 9.37 Å². The molecule has 0 aliphatic carbocycles. The van der Waals surface area contributed by atoms with Crippen molar-refractivity contribution in [2.45, 2.75) is 0 Å². The fraction of sp³-hybridized carbons (Fsp3) is 0.0625. The molecule has 4 nitrogen and oxygen atoms in total. The van der Waals surface area contributed by atoms with Crippen LogP contribution < -0.4 is 15.2 Å². The Labute approximate surface area is 120 Å². The molecule has 21 heavy (non-hydrogen) atoms. The molecule has 3 rings (SSSR count). The van der Waals surface area contributed by atoms with Gasteiger partial charge in [0.25, 0.3) is 0 Å². The molecule has 0 aliphatic heterocycles. The number of rotatable bonds is 3. The molecule has 2 aromatic carbocycles. The fourth-order valence-electron chi connectivity index (χ4n) is 2.01. The number of nitrogens with zero attached hydrogens (tertiary/aromatic N) is 1. The van der Waals surface area contributed by atoms with E-state index >= 15 is 0 Å². The molecule has 0 radical (unpaired) electrons. The molecule has 0 fully saturated rings. The Morgan fingerprint density at radius 3 is 2.48 bits per heavy atom. The van der Waals surface area contributed by atoms with E-state index in [0.29, 0.717) is 28.6 Å². The molecule has 0 aliphatic rings. The average Bonchev–Trinajstić information content (AvgIpc) is 2.50. The topological polar surface area (TPSA) is 57.4 Å². The van der Waals surface area contributed by atoms with Crippen LogP contribution in [0.25, 0.3) is 10.9 Å². The number of anilines is 1. The Bertz CT molecular complexity index is 788. The summed E-state index contributed by atoms with van der Waals surface area (Å²) in [7, 11) is 1.58. The van der Waals surface area contributed by atoms with E-state index in [9.17, 15) is 4.39 Å². The van der Waals surface area contributed by atoms with E-state index in [2.05, 4.69) is 4.98 Å². The monoisotopic (exact) mass is 284 g/mol. The molecule has 3 aromatic rings. The highest BCUT2D eigenvalue weighted by Crippen LogP contribution is 2.29. The number of aromatic nitrogens is 1. The zero-order valence-corrected chi connectivity index (χ0v) is 11.3. The van der Waals surface area contributed by atoms with Gasteiger partial charge < -0.3 is 15.2 Å². The van der Waals surface area contributed by atoms with Crippen LogP contribution in [0.2, 0.25) is 0 Å². The van der Waals surface area contributed by atoms with Gasteiger partial charge in [0.1, 0.15) is 17.3 Å². The van der Waals surface area contributed by atoms with Crippen LogP contribution in [0.3, 0.4) is 0 Å². The zero-order chi connectivity index (χ0) is 14.8. The van der Waals surface area contributed by atoms with Crippen LogP contribution in [0.5, 0.6) is 17.4 Å². The summed E-state index contributed by atoms with van der Waals surface area (Å²) in [6.45, 7) is 0. The molecule has 0 saturated heterocycles. The maximum atomic E-state index is 12.9. The van der Waals surface area contributed by atoms with Gasteiger partial charge in [-0.3, -0.25) is 0 Å². The maximum absolute atomic E-state index is 12.9. The molecule has 0 spiro atoms. The van der Waals surface area contributed by atoms with Crippen molar-refractivity contribution >= 4 is 16.6 Å². The number of nitrogens with two attached hydrogens (primary N) is 1. The summed E-state index contributed by atoms with van der Waals surface area (Å²) in [6, 6.07) is 12.9. The molecule has 0 atom stereocenters. The zero-order valence-electron chi connectivity index (χ0n) is 11.3. The largest absolute Gasteiger partial charge is 0.497 e. The fourth-order valence-corrected chi connectivity index (χ4v) is 2.01. The van der Waals surface area contributed by atoms with Gasteiger partial charge in [-0.1, -0.05) is 0 Å². The standard InChI is InChI=1S/C16H13FN2O2/c1-20-13-8-10-2-7-15(19-16(10)14(18)9-13)21-12-5-3-11(17)4-6-12/h2-9H,18H2,1H3. The SMILES string of the molecule is COc1cc(N)c2nc(Oc3ccc(F)cc3)ccc2c1. The summed E-state index contributed by atoms with van der Waals surface area (Å²) in [6.07, 6.45) is 0. The van der Waals surface area contributed by atoms with Crippen molar-refractivity contribution in [3.63, 3.8) is 0 Å². The first-order valence-electron chi connectivity index (χ1n) is 6.33. The smallest absolute Gasteiger partial charge is 0.219 e. The van der Waals surface area contributed by atoms with Crippen LogP contribution in [0.15, 0.2) is 48.5 Å². The van der Waals surface area contributed by atoms with Crippen LogP contribution in [0.4, 0.5) is 10.1 Å². The van der Waals surface area contributed by atoms with Gasteiger partial charge in [-0.15, -0.1) is 0 Å². The second-order valence-corrected chi connectivity index (χ2v) is 4.49. The molecule has 106 valence electrons. The number of methoxy groups -OCH3 is 1. The van der Waals surface area contributed by atoms with Crippen molar-refractivity contribution in [2.24, 2.45) is 0 Å². The highest BCUT2D eigenvalue weighted by Gasteiger charge is 2.06. The lowest BCUT2D eigenvalue weighted by molar-refractivity contribution is 0.415. The first-order valence-corrected chi connectivity index (χ1v) is 6.33. The number of hydrogen-bond donors (Lipinski definition) is 1. The summed E-state index contributed by atoms with van der Waals surface area (Å²) >= 11 is 0. The molecule has 1 heterocycles. The lowest BCUT2D eigenvalue weighted by Crippen LogP contribution is -1.94. The summed E-state index contributed by atoms with van der Waals surface area (Å²) in [5.41, 5.74) is 7.11. The van der Waals surface area contributed by atoms with Crippen molar-refractivity contribution < 1.29 is 13.9 Å². The third-order valence-corrected chi connectivity index (χ3v) is 3.04. The highest BCUT2D eigenvalue weighted by atomic mass is 19.1. The number of pyridine rings is 1. The Kier molecular flexibility index (Phi) is 3.31. The van der Waals surface area contributed by atoms with E-state index in [1.54, 1.807) is 31.4 Å². The minimum atomic E-state index is -0.315. The summed E-state index contributed by atoms with van der Waals surface area (Å²) < 4.78 is 23.6. The predicted molar refractivity (Wildman–Crippen MR) is 79.2 cm³/mol. The minimum Gasteiger partial charge on any atom is -0.497 e. The number of halogens is 1. The number of nitrogen functional groups attached to an aromatic ring is 1. The molecule has 0 saturated carbocycles. The van der Waals surface area contributed by atoms with Gasteiger partial charge in [0.15, 0.2) is 0 Å². The van der Waals surface area contributed by atoms with E-state index < -0.39 is 0 Å². The Hall–Kier alpha value is -2.82. The molecule has 0 bridgehead atoms. The summed E-state index contributed by atoms with van der Waals surface area (Å²) in [4.78, 5) is 4.37. The highest BCUT2D eigenvalue weighted by molar-refractivity contribution is 5.91. The second kappa shape index (κ2) is 5.28. The molecule has 5 heteroatoms. The van der Waals surface area contributed by atoms with Gasteiger partial charge in [-0.05, 0) is 36.4 Å². The van der Waals surface area contributed by atoms with Crippen molar-refractivity contribution in [1.82, 2.24) is 4.98 Å². The van der Waals surface area contributed by atoms with Gasteiger partial charge in [0, 0.05) is 17.5 Å². The molecule has 2 N–H and O–H groups in total. The lowest BCUT2D eigenvalue weighted by Gasteiger charge is -2.08. The predicted octanol–water partition coefficient (Wildman–Crippen LogP) is 3.76. The molecule has 0 amide bonds. The molecule has 1 aromatic heterocycles. The van der Waals surface area contributed by atoms with Gasteiger partial charge in [-0.2, -0.15) is 0 Å². The van der Waals surface area contributed by atoms with Gasteiger partial charge in [0.05, 0.1) is 18.3 Å². The first-order chi connectivity index (χ1) is 10.2. The third kappa shape index (κ3) is 2.72. The minimum absolute atomic E-state index is 0.315. The van der Waals surface area contributed by atoms with Gasteiger partial charge in [0.2, 0.25) is 5.88 Å². The van der Waals surface area contributed by atoms with E-state index in [0.717, 1.165) is 5.39 Å². The quantitative estimate of drug-likeness (QED) is 0.744. The van der Waals surface area contributed by atoms with Crippen molar-refractivity contribution in [3.8, 4) is 17.4 Å².